The summed E-state index contributed by atoms with van der Waals surface area (Å²) >= 11 is 0. The minimum Gasteiger partial charge on any atom is -0.465 e. The second kappa shape index (κ2) is 10.8. The molecule has 0 radical (unpaired) electrons. The first-order valence-corrected chi connectivity index (χ1v) is 12.3. The molecular formula is C24H28FN7O6. The summed E-state index contributed by atoms with van der Waals surface area (Å²) in [7, 11) is 0. The molecule has 13 nitrogen and oxygen atoms in total. The molecule has 3 heterocycles. The minimum atomic E-state index is -1.07. The number of carbonyl (C=O) groups is 3. The lowest BCUT2D eigenvalue weighted by Crippen LogP contribution is -2.38. The molecule has 1 aliphatic carbocycles. The Kier molecular flexibility index (Phi) is 7.35. The van der Waals surface area contributed by atoms with Crippen LogP contribution in [0.15, 0.2) is 18.3 Å². The van der Waals surface area contributed by atoms with E-state index in [1.165, 1.54) is 17.2 Å². The predicted molar refractivity (Wildman–Crippen MR) is 132 cm³/mol. The molecule has 6 N–H and O–H groups in total. The number of ether oxygens (including phenoxy) is 2. The van der Waals surface area contributed by atoms with Gasteiger partial charge in [-0.1, -0.05) is 0 Å². The van der Waals surface area contributed by atoms with Crippen LogP contribution >= 0.6 is 0 Å². The van der Waals surface area contributed by atoms with Gasteiger partial charge in [0.15, 0.2) is 18.2 Å². The van der Waals surface area contributed by atoms with E-state index in [1.807, 2.05) is 0 Å². The van der Waals surface area contributed by atoms with Crippen molar-refractivity contribution in [2.75, 3.05) is 48.4 Å². The fourth-order valence-electron chi connectivity index (χ4n) is 4.73. The number of hydrogen-bond acceptors (Lipinski definition) is 10. The Morgan fingerprint density at radius 2 is 2.18 bits per heavy atom. The summed E-state index contributed by atoms with van der Waals surface area (Å²) in [6.07, 6.45) is 2.29. The second-order valence-electron chi connectivity index (χ2n) is 9.48. The van der Waals surface area contributed by atoms with Crippen LogP contribution in [-0.4, -0.2) is 78.0 Å². The van der Waals surface area contributed by atoms with Crippen LogP contribution in [-0.2, 0) is 27.2 Å². The van der Waals surface area contributed by atoms with Gasteiger partial charge in [-0.2, -0.15) is 0 Å². The number of cyclic esters (lactones) is 1. The number of halogens is 1. The maximum atomic E-state index is 14.6. The van der Waals surface area contributed by atoms with E-state index in [4.69, 9.17) is 20.3 Å². The summed E-state index contributed by atoms with van der Waals surface area (Å²) in [4.78, 5) is 45.5. The Morgan fingerprint density at radius 1 is 1.34 bits per heavy atom. The molecule has 1 aromatic carbocycles. The van der Waals surface area contributed by atoms with Gasteiger partial charge in [0.05, 0.1) is 19.3 Å². The smallest absolute Gasteiger partial charge is 0.415 e. The summed E-state index contributed by atoms with van der Waals surface area (Å²) in [6.45, 7) is 0.885. The molecule has 3 aliphatic rings. The monoisotopic (exact) mass is 529 g/mol. The van der Waals surface area contributed by atoms with Gasteiger partial charge in [-0.25, -0.2) is 19.2 Å². The molecule has 0 saturated carbocycles. The van der Waals surface area contributed by atoms with Crippen molar-refractivity contribution >= 4 is 35.2 Å². The summed E-state index contributed by atoms with van der Waals surface area (Å²) < 4.78 is 25.3. The third kappa shape index (κ3) is 5.51. The van der Waals surface area contributed by atoms with E-state index in [-0.39, 0.29) is 54.4 Å². The van der Waals surface area contributed by atoms with Gasteiger partial charge in [0, 0.05) is 5.69 Å². The third-order valence-corrected chi connectivity index (χ3v) is 6.64. The molecule has 3 unspecified atom stereocenters. The lowest BCUT2D eigenvalue weighted by atomic mass is 10.1. The normalized spacial score (nSPS) is 20.8. The summed E-state index contributed by atoms with van der Waals surface area (Å²) in [5, 5.41) is 17.5. The first kappa shape index (κ1) is 25.8. The van der Waals surface area contributed by atoms with Crippen molar-refractivity contribution in [1.29, 1.82) is 0 Å². The number of aromatic nitrogens is 2. The topological polar surface area (TPSA) is 181 Å². The van der Waals surface area contributed by atoms with Crippen LogP contribution in [0.25, 0.3) is 0 Å². The van der Waals surface area contributed by atoms with E-state index in [2.05, 4.69) is 25.9 Å². The number of hydrogen-bond donors (Lipinski definition) is 5. The summed E-state index contributed by atoms with van der Waals surface area (Å²) in [6, 6.07) is 1.94. The molecule has 1 fully saturated rings. The fraction of sp³-hybridized carbons (Fsp3) is 0.458. The van der Waals surface area contributed by atoms with Crippen LogP contribution < -0.4 is 31.3 Å². The molecule has 3 atom stereocenters. The van der Waals surface area contributed by atoms with Crippen molar-refractivity contribution in [3.8, 4) is 5.88 Å². The Bertz CT molecular complexity index is 1260. The molecule has 38 heavy (non-hydrogen) atoms. The second-order valence-corrected chi connectivity index (χ2v) is 9.48. The first-order valence-electron chi connectivity index (χ1n) is 12.3. The molecule has 3 amide bonds. The Hall–Kier alpha value is -3.88. The summed E-state index contributed by atoms with van der Waals surface area (Å²) in [5.41, 5.74) is 7.29. The average molecular weight is 530 g/mol. The van der Waals surface area contributed by atoms with E-state index < -0.39 is 24.6 Å². The largest absolute Gasteiger partial charge is 0.465 e. The summed E-state index contributed by atoms with van der Waals surface area (Å²) in [5.74, 6) is -0.511. The number of aliphatic hydroxyl groups is 1. The highest BCUT2D eigenvalue weighted by molar-refractivity contribution is 5.95. The number of amides is 3. The zero-order valence-electron chi connectivity index (χ0n) is 20.4. The maximum absolute atomic E-state index is 14.6. The number of carbonyl (C=O) groups excluding carboxylic acids is 3. The molecule has 202 valence electrons. The number of benzene rings is 1. The van der Waals surface area contributed by atoms with Crippen LogP contribution in [0, 0.1) is 11.7 Å². The van der Waals surface area contributed by atoms with Gasteiger partial charge < -0.3 is 36.3 Å². The highest BCUT2D eigenvalue weighted by atomic mass is 19.1. The Labute approximate surface area is 216 Å². The van der Waals surface area contributed by atoms with E-state index in [9.17, 15) is 18.8 Å². The van der Waals surface area contributed by atoms with Gasteiger partial charge in [0.1, 0.15) is 18.0 Å². The van der Waals surface area contributed by atoms with Crippen molar-refractivity contribution in [1.82, 2.24) is 15.3 Å². The van der Waals surface area contributed by atoms with E-state index >= 15 is 0 Å². The molecule has 0 spiro atoms. The van der Waals surface area contributed by atoms with Crippen LogP contribution in [0.4, 0.5) is 26.5 Å². The van der Waals surface area contributed by atoms with E-state index in [1.54, 1.807) is 6.07 Å². The van der Waals surface area contributed by atoms with Crippen molar-refractivity contribution in [2.45, 2.75) is 31.4 Å². The molecule has 1 saturated heterocycles. The quantitative estimate of drug-likeness (QED) is 0.276. The SMILES string of the molecule is NC(CO)C(=O)Nc1cc(F)c2c(c1)CC(CNCCC1CN(c3cnc4c(n3)NC(=O)CO4)C(=O)O1)C2. The number of rotatable bonds is 9. The highest BCUT2D eigenvalue weighted by Gasteiger charge is 2.34. The molecular weight excluding hydrogens is 501 g/mol. The average Bonchev–Trinajstić information content (AvgIpc) is 3.48. The first-order chi connectivity index (χ1) is 18.3. The number of nitrogens with zero attached hydrogens (tertiary/aromatic N) is 3. The van der Waals surface area contributed by atoms with E-state index in [0.29, 0.717) is 43.6 Å². The lowest BCUT2D eigenvalue weighted by Gasteiger charge is -2.18. The third-order valence-electron chi connectivity index (χ3n) is 6.64. The van der Waals surface area contributed by atoms with Crippen molar-refractivity contribution in [3.05, 3.63) is 35.3 Å². The van der Waals surface area contributed by atoms with Gasteiger partial charge in [-0.3, -0.25) is 14.5 Å². The number of nitrogens with one attached hydrogen (secondary N) is 3. The Morgan fingerprint density at radius 3 is 3.00 bits per heavy atom. The number of nitrogens with two attached hydrogens (primary N) is 1. The van der Waals surface area contributed by atoms with Crippen LogP contribution in [0.3, 0.4) is 0 Å². The lowest BCUT2D eigenvalue weighted by molar-refractivity contribution is -0.119. The van der Waals surface area contributed by atoms with Crippen molar-refractivity contribution in [3.63, 3.8) is 0 Å². The molecule has 2 aromatic rings. The minimum absolute atomic E-state index is 0.135. The van der Waals surface area contributed by atoms with Crippen LogP contribution in [0.1, 0.15) is 17.5 Å². The highest BCUT2D eigenvalue weighted by Crippen LogP contribution is 2.32. The van der Waals surface area contributed by atoms with Crippen LogP contribution in [0.2, 0.25) is 0 Å². The predicted octanol–water partition coefficient (Wildman–Crippen LogP) is -0.0754. The van der Waals surface area contributed by atoms with Crippen molar-refractivity contribution < 1.29 is 33.4 Å². The number of fused-ring (bicyclic) bond motifs is 2. The maximum Gasteiger partial charge on any atom is 0.415 e. The van der Waals surface area contributed by atoms with Crippen LogP contribution in [0.5, 0.6) is 5.88 Å². The number of aliphatic hydroxyl groups excluding tert-OH is 1. The zero-order chi connectivity index (χ0) is 26.8. The number of anilines is 3. The van der Waals surface area contributed by atoms with Gasteiger partial charge in [0.25, 0.3) is 11.8 Å². The Balaban J connectivity index is 1.08. The molecule has 0 bridgehead atoms. The molecule has 1 aromatic heterocycles. The molecule has 5 rings (SSSR count). The van der Waals surface area contributed by atoms with Crippen molar-refractivity contribution in [2.24, 2.45) is 11.7 Å². The fourth-order valence-corrected chi connectivity index (χ4v) is 4.73. The van der Waals surface area contributed by atoms with Gasteiger partial charge in [0.2, 0.25) is 5.91 Å². The molecule has 2 aliphatic heterocycles. The van der Waals surface area contributed by atoms with Gasteiger partial charge in [-0.05, 0) is 61.5 Å². The zero-order valence-corrected chi connectivity index (χ0v) is 20.4. The standard InChI is InChI=1S/C24H28FN7O6/c25-17-6-14(29-22(35)18(26)10-33)5-13-3-12(4-16(13)17)7-27-2-1-15-9-32(24(36)38-15)19-8-28-23-21(30-19)31-20(34)11-37-23/h5-6,8,12,15,18,27,33H,1-4,7,9-11,26H2,(H,29,35)(H,30,31,34). The van der Waals surface area contributed by atoms with E-state index in [0.717, 1.165) is 5.56 Å². The molecule has 14 heteroatoms. The van der Waals surface area contributed by atoms with Gasteiger partial charge in [-0.15, -0.1) is 0 Å². The van der Waals surface area contributed by atoms with Gasteiger partial charge >= 0.3 is 6.09 Å².